The summed E-state index contributed by atoms with van der Waals surface area (Å²) in [5, 5.41) is 0. The van der Waals surface area contributed by atoms with Crippen LogP contribution in [0.15, 0.2) is 54.6 Å². The summed E-state index contributed by atoms with van der Waals surface area (Å²) in [7, 11) is 0. The van der Waals surface area contributed by atoms with Gasteiger partial charge in [-0.15, -0.1) is 0 Å². The number of esters is 3. The van der Waals surface area contributed by atoms with Gasteiger partial charge in [0.15, 0.2) is 18.5 Å². The Balaban J connectivity index is 1.23. The molecule has 2 heterocycles. The fourth-order valence-electron chi connectivity index (χ4n) is 8.31. The van der Waals surface area contributed by atoms with Crippen molar-refractivity contribution in [2.24, 2.45) is 23.7 Å². The third kappa shape index (κ3) is 11.1. The Morgan fingerprint density at radius 3 is 1.78 bits per heavy atom. The third-order valence-electron chi connectivity index (χ3n) is 12.0. The zero-order chi connectivity index (χ0) is 39.8. The van der Waals surface area contributed by atoms with Gasteiger partial charge in [0.2, 0.25) is 6.29 Å². The fraction of sp³-hybridized carbons (Fsp3) is 0.659. The van der Waals surface area contributed by atoms with Crippen LogP contribution in [-0.2, 0) is 47.5 Å². The van der Waals surface area contributed by atoms with Crippen molar-refractivity contribution in [3.8, 4) is 5.75 Å². The smallest absolute Gasteiger partial charge is 0.303 e. The topological polar surface area (TPSA) is 125 Å². The van der Waals surface area contributed by atoms with Crippen molar-refractivity contribution in [1.29, 1.82) is 0 Å². The first kappa shape index (κ1) is 42.6. The number of benzene rings is 2. The van der Waals surface area contributed by atoms with Crippen molar-refractivity contribution in [3.05, 3.63) is 65.7 Å². The molecule has 1 saturated carbocycles. The first-order valence-corrected chi connectivity index (χ1v) is 20.1. The largest absolute Gasteiger partial charge is 0.461 e. The second-order valence-electron chi connectivity index (χ2n) is 16.0. The van der Waals surface area contributed by atoms with Gasteiger partial charge in [0, 0.05) is 32.6 Å². The molecule has 0 amide bonds. The summed E-state index contributed by atoms with van der Waals surface area (Å²) in [5.74, 6) is -0.0417. The van der Waals surface area contributed by atoms with E-state index in [0.717, 1.165) is 25.7 Å². The second kappa shape index (κ2) is 19.6. The molecule has 2 saturated heterocycles. The highest BCUT2D eigenvalue weighted by molar-refractivity contribution is 5.67. The van der Waals surface area contributed by atoms with E-state index in [2.05, 4.69) is 64.1 Å². The molecule has 0 bridgehead atoms. The van der Waals surface area contributed by atoms with E-state index >= 15 is 0 Å². The SMILES string of the molecule is CCC(CC(C)c1ccccc1)c1ccc(OC2OCC(OC3OCC(OC4CCC(C)C(C)C4OC(C)=O)C(C)C3OC(C)=O)C(C)C2OC(C)=O)cc1. The molecule has 3 aliphatic rings. The average Bonchev–Trinajstić information content (AvgIpc) is 3.15. The van der Waals surface area contributed by atoms with E-state index in [1.54, 1.807) is 0 Å². The third-order valence-corrected chi connectivity index (χ3v) is 12.0. The van der Waals surface area contributed by atoms with Gasteiger partial charge >= 0.3 is 17.9 Å². The predicted molar refractivity (Wildman–Crippen MR) is 205 cm³/mol. The lowest BCUT2D eigenvalue weighted by Gasteiger charge is -2.46. The highest BCUT2D eigenvalue weighted by Crippen LogP contribution is 2.38. The molecule has 3 fully saturated rings. The second-order valence-corrected chi connectivity index (χ2v) is 16.0. The maximum Gasteiger partial charge on any atom is 0.303 e. The van der Waals surface area contributed by atoms with Gasteiger partial charge in [-0.1, -0.05) is 84.0 Å². The molecule has 0 spiro atoms. The molecule has 14 unspecified atom stereocenters. The first-order valence-electron chi connectivity index (χ1n) is 20.1. The van der Waals surface area contributed by atoms with Gasteiger partial charge in [-0.05, 0) is 72.6 Å². The van der Waals surface area contributed by atoms with Crippen LogP contribution < -0.4 is 4.74 Å². The predicted octanol–water partition coefficient (Wildman–Crippen LogP) is 7.74. The summed E-state index contributed by atoms with van der Waals surface area (Å²) < 4.78 is 49.2. The normalized spacial score (nSPS) is 33.5. The van der Waals surface area contributed by atoms with E-state index in [9.17, 15) is 14.4 Å². The molecule has 55 heavy (non-hydrogen) atoms. The van der Waals surface area contributed by atoms with Crippen LogP contribution in [-0.4, -0.2) is 80.3 Å². The minimum Gasteiger partial charge on any atom is -0.461 e. The molecule has 2 aromatic carbocycles. The summed E-state index contributed by atoms with van der Waals surface area (Å²) >= 11 is 0. The first-order chi connectivity index (χ1) is 26.2. The number of ether oxygens (including phenoxy) is 8. The van der Waals surface area contributed by atoms with Gasteiger partial charge in [-0.2, -0.15) is 0 Å². The quantitative estimate of drug-likeness (QED) is 0.139. The number of hydrogen-bond donors (Lipinski definition) is 0. The maximum absolute atomic E-state index is 12.3. The van der Waals surface area contributed by atoms with Crippen molar-refractivity contribution in [2.75, 3.05) is 13.2 Å². The van der Waals surface area contributed by atoms with Crippen LogP contribution in [0, 0.1) is 23.7 Å². The average molecular weight is 767 g/mol. The number of carbonyl (C=O) groups is 3. The molecular weight excluding hydrogens is 704 g/mol. The van der Waals surface area contributed by atoms with E-state index in [1.807, 2.05) is 32.0 Å². The van der Waals surface area contributed by atoms with Gasteiger partial charge in [-0.25, -0.2) is 0 Å². The lowest BCUT2D eigenvalue weighted by atomic mass is 9.77. The van der Waals surface area contributed by atoms with Crippen LogP contribution in [0.25, 0.3) is 0 Å². The maximum atomic E-state index is 12.3. The van der Waals surface area contributed by atoms with E-state index in [0.29, 0.717) is 23.5 Å². The Bertz CT molecular complexity index is 1530. The van der Waals surface area contributed by atoms with E-state index in [4.69, 9.17) is 37.9 Å². The molecule has 304 valence electrons. The molecule has 11 nitrogen and oxygen atoms in total. The van der Waals surface area contributed by atoms with Gasteiger partial charge in [0.25, 0.3) is 0 Å². The van der Waals surface area contributed by atoms with E-state index in [1.165, 1.54) is 31.9 Å². The summed E-state index contributed by atoms with van der Waals surface area (Å²) in [6.07, 6.45) is -1.37. The number of hydrogen-bond acceptors (Lipinski definition) is 11. The molecule has 2 aliphatic heterocycles. The standard InChI is InChI=1S/C44H62O11/c1-10-33(22-26(3)34-14-12-11-13-15-34)35-17-19-36(20-18-35)53-43-41(51-31(8)46)29(6)39(24-48-43)55-44-42(52-32(9)47)28(5)38(23-49-44)54-37-21-16-25(2)27(4)40(37)50-30(7)45/h11-15,17-20,25-29,33,37-44H,10,16,21-24H2,1-9H3. The fourth-order valence-corrected chi connectivity index (χ4v) is 8.31. The highest BCUT2D eigenvalue weighted by atomic mass is 16.7. The van der Waals surface area contributed by atoms with Crippen molar-refractivity contribution in [1.82, 2.24) is 0 Å². The summed E-state index contributed by atoms with van der Waals surface area (Å²) in [6, 6.07) is 18.7. The van der Waals surface area contributed by atoms with Crippen LogP contribution in [0.2, 0.25) is 0 Å². The minimum absolute atomic E-state index is 0.125. The highest BCUT2D eigenvalue weighted by Gasteiger charge is 2.49. The molecule has 11 heteroatoms. The molecular formula is C44H62O11. The van der Waals surface area contributed by atoms with E-state index in [-0.39, 0.29) is 49.1 Å². The molecule has 0 aromatic heterocycles. The Morgan fingerprint density at radius 1 is 0.655 bits per heavy atom. The van der Waals surface area contributed by atoms with Crippen molar-refractivity contribution in [3.63, 3.8) is 0 Å². The molecule has 1 aliphatic carbocycles. The minimum atomic E-state index is -0.927. The Hall–Kier alpha value is -3.51. The van der Waals surface area contributed by atoms with Crippen molar-refractivity contribution < 1.29 is 52.3 Å². The number of carbonyl (C=O) groups excluding carboxylic acids is 3. The van der Waals surface area contributed by atoms with Crippen LogP contribution in [0.1, 0.15) is 111 Å². The van der Waals surface area contributed by atoms with Gasteiger partial charge in [0.1, 0.15) is 11.9 Å². The lowest BCUT2D eigenvalue weighted by Crippen LogP contribution is -2.58. The van der Waals surface area contributed by atoms with Gasteiger partial charge in [-0.3, -0.25) is 14.4 Å². The van der Waals surface area contributed by atoms with Crippen molar-refractivity contribution in [2.45, 2.75) is 149 Å². The molecule has 5 rings (SSSR count). The number of rotatable bonds is 14. The van der Waals surface area contributed by atoms with Crippen LogP contribution in [0.3, 0.4) is 0 Å². The molecule has 0 N–H and O–H groups in total. The van der Waals surface area contributed by atoms with Crippen LogP contribution in [0.5, 0.6) is 5.75 Å². The summed E-state index contributed by atoms with van der Waals surface area (Å²) in [6.45, 7) is 17.0. The Morgan fingerprint density at radius 2 is 1.20 bits per heavy atom. The monoisotopic (exact) mass is 766 g/mol. The lowest BCUT2D eigenvalue weighted by molar-refractivity contribution is -0.315. The van der Waals surface area contributed by atoms with Crippen molar-refractivity contribution >= 4 is 17.9 Å². The molecule has 14 atom stereocenters. The Labute approximate surface area is 327 Å². The van der Waals surface area contributed by atoms with Gasteiger partial charge < -0.3 is 37.9 Å². The summed E-state index contributed by atoms with van der Waals surface area (Å²) in [4.78, 5) is 36.7. The van der Waals surface area contributed by atoms with Crippen LogP contribution in [0.4, 0.5) is 0 Å². The zero-order valence-corrected chi connectivity index (χ0v) is 34.0. The van der Waals surface area contributed by atoms with Gasteiger partial charge in [0.05, 0.1) is 31.5 Å². The zero-order valence-electron chi connectivity index (χ0n) is 34.0. The summed E-state index contributed by atoms with van der Waals surface area (Å²) in [5.41, 5.74) is 2.58. The Kier molecular flexibility index (Phi) is 15.2. The molecule has 0 radical (unpaired) electrons. The molecule has 2 aromatic rings. The van der Waals surface area contributed by atoms with E-state index < -0.39 is 48.9 Å². The van der Waals surface area contributed by atoms with Crippen LogP contribution >= 0.6 is 0 Å².